The molecular formula is C11H16N6O2. The van der Waals surface area contributed by atoms with Crippen molar-refractivity contribution < 1.29 is 9.90 Å². The summed E-state index contributed by atoms with van der Waals surface area (Å²) in [6.07, 6.45) is 0.820. The molecule has 2 aromatic rings. The summed E-state index contributed by atoms with van der Waals surface area (Å²) in [5.74, 6) is -0.898. The molecule has 102 valence electrons. The Bertz CT molecular complexity index is 588. The van der Waals surface area contributed by atoms with Gasteiger partial charge in [0.05, 0.1) is 18.2 Å². The predicted octanol–water partition coefficient (Wildman–Crippen LogP) is 0.357. The van der Waals surface area contributed by atoms with Crippen LogP contribution in [0, 0.1) is 5.92 Å². The predicted molar refractivity (Wildman–Crippen MR) is 66.2 cm³/mol. The Morgan fingerprint density at radius 2 is 2.26 bits per heavy atom. The molecule has 0 radical (unpaired) electrons. The van der Waals surface area contributed by atoms with Gasteiger partial charge in [-0.3, -0.25) is 9.48 Å². The van der Waals surface area contributed by atoms with E-state index in [1.807, 2.05) is 20.0 Å². The number of tetrazole rings is 1. The number of aromatic nitrogens is 6. The fourth-order valence-electron chi connectivity index (χ4n) is 1.76. The van der Waals surface area contributed by atoms with E-state index in [0.29, 0.717) is 5.82 Å². The van der Waals surface area contributed by atoms with E-state index < -0.39 is 11.9 Å². The molecule has 0 fully saturated rings. The molecule has 0 amide bonds. The molecular weight excluding hydrogens is 248 g/mol. The second-order valence-corrected chi connectivity index (χ2v) is 4.42. The minimum atomic E-state index is -0.874. The molecule has 0 saturated heterocycles. The van der Waals surface area contributed by atoms with Crippen LogP contribution in [0.25, 0.3) is 11.5 Å². The highest BCUT2D eigenvalue weighted by atomic mass is 16.4. The molecule has 0 aliphatic heterocycles. The lowest BCUT2D eigenvalue weighted by atomic mass is 10.2. The summed E-state index contributed by atoms with van der Waals surface area (Å²) in [6.45, 7) is 3.86. The molecule has 1 atom stereocenters. The highest BCUT2D eigenvalue weighted by Gasteiger charge is 2.18. The quantitative estimate of drug-likeness (QED) is 0.837. The van der Waals surface area contributed by atoms with E-state index in [9.17, 15) is 4.79 Å². The van der Waals surface area contributed by atoms with Crippen LogP contribution >= 0.6 is 0 Å². The van der Waals surface area contributed by atoms with Crippen LogP contribution < -0.4 is 0 Å². The minimum absolute atomic E-state index is 0.226. The Kier molecular flexibility index (Phi) is 3.59. The third-order valence-corrected chi connectivity index (χ3v) is 2.92. The molecule has 2 aromatic heterocycles. The van der Waals surface area contributed by atoms with Gasteiger partial charge in [0.2, 0.25) is 0 Å². The van der Waals surface area contributed by atoms with Crippen molar-refractivity contribution in [3.05, 3.63) is 11.8 Å². The number of aryl methyl sites for hydroxylation is 2. The number of carboxylic acids is 1. The van der Waals surface area contributed by atoms with Gasteiger partial charge in [0.15, 0.2) is 5.82 Å². The van der Waals surface area contributed by atoms with E-state index in [4.69, 9.17) is 5.11 Å². The van der Waals surface area contributed by atoms with E-state index in [1.165, 1.54) is 4.68 Å². The van der Waals surface area contributed by atoms with Crippen molar-refractivity contribution in [3.63, 3.8) is 0 Å². The van der Waals surface area contributed by atoms with Crippen LogP contribution in [-0.4, -0.2) is 41.1 Å². The van der Waals surface area contributed by atoms with E-state index in [-0.39, 0.29) is 6.54 Å². The number of carboxylic acid groups (broad SMARTS) is 1. The van der Waals surface area contributed by atoms with E-state index in [1.54, 1.807) is 11.6 Å². The number of rotatable bonds is 5. The van der Waals surface area contributed by atoms with Crippen molar-refractivity contribution in [2.45, 2.75) is 26.8 Å². The average molecular weight is 264 g/mol. The zero-order valence-electron chi connectivity index (χ0n) is 11.1. The van der Waals surface area contributed by atoms with Crippen LogP contribution in [0.4, 0.5) is 0 Å². The van der Waals surface area contributed by atoms with Crippen molar-refractivity contribution in [1.82, 2.24) is 30.0 Å². The fourth-order valence-corrected chi connectivity index (χ4v) is 1.76. The van der Waals surface area contributed by atoms with Gasteiger partial charge in [-0.2, -0.15) is 5.10 Å². The molecule has 2 heterocycles. The second-order valence-electron chi connectivity index (χ2n) is 4.42. The Hall–Kier alpha value is -2.25. The normalized spacial score (nSPS) is 12.6. The van der Waals surface area contributed by atoms with Crippen LogP contribution in [0.15, 0.2) is 6.07 Å². The largest absolute Gasteiger partial charge is 0.481 e. The second kappa shape index (κ2) is 5.17. The summed E-state index contributed by atoms with van der Waals surface area (Å²) < 4.78 is 3.20. The number of hydrogen-bond acceptors (Lipinski definition) is 5. The van der Waals surface area contributed by atoms with Crippen molar-refractivity contribution >= 4 is 5.97 Å². The Labute approximate surface area is 110 Å². The zero-order chi connectivity index (χ0) is 14.0. The lowest BCUT2D eigenvalue weighted by Gasteiger charge is -2.07. The summed E-state index contributed by atoms with van der Waals surface area (Å²) in [5, 5.41) is 24.7. The van der Waals surface area contributed by atoms with Crippen molar-refractivity contribution in [2.75, 3.05) is 0 Å². The molecule has 2 rings (SSSR count). The fraction of sp³-hybridized carbons (Fsp3) is 0.545. The molecule has 8 heteroatoms. The Morgan fingerprint density at radius 3 is 2.84 bits per heavy atom. The molecule has 19 heavy (non-hydrogen) atoms. The summed E-state index contributed by atoms with van der Waals surface area (Å²) in [4.78, 5) is 10.9. The summed E-state index contributed by atoms with van der Waals surface area (Å²) in [6, 6.07) is 1.91. The average Bonchev–Trinajstić information content (AvgIpc) is 2.95. The van der Waals surface area contributed by atoms with Crippen LogP contribution in [0.1, 0.15) is 19.5 Å². The smallest absolute Gasteiger partial charge is 0.308 e. The molecule has 0 spiro atoms. The van der Waals surface area contributed by atoms with Crippen molar-refractivity contribution in [2.24, 2.45) is 13.0 Å². The number of carbonyl (C=O) groups is 1. The third-order valence-electron chi connectivity index (χ3n) is 2.92. The highest BCUT2D eigenvalue weighted by molar-refractivity contribution is 5.69. The standard InChI is InChI=1S/C11H16N6O2/c1-4-8-5-9(16(3)13-8)10-12-14-15-17(10)6-7(2)11(18)19/h5,7H,4,6H2,1-3H3,(H,18,19). The van der Waals surface area contributed by atoms with Gasteiger partial charge < -0.3 is 5.11 Å². The molecule has 0 bridgehead atoms. The van der Waals surface area contributed by atoms with Gasteiger partial charge in [-0.05, 0) is 22.9 Å². The van der Waals surface area contributed by atoms with Crippen molar-refractivity contribution in [1.29, 1.82) is 0 Å². The zero-order valence-corrected chi connectivity index (χ0v) is 11.1. The molecule has 0 saturated carbocycles. The van der Waals surface area contributed by atoms with E-state index >= 15 is 0 Å². The van der Waals surface area contributed by atoms with Gasteiger partial charge in [-0.15, -0.1) is 5.10 Å². The van der Waals surface area contributed by atoms with Crippen LogP contribution in [0.5, 0.6) is 0 Å². The first-order valence-electron chi connectivity index (χ1n) is 6.05. The van der Waals surface area contributed by atoms with Gasteiger partial charge in [0.25, 0.3) is 0 Å². The highest BCUT2D eigenvalue weighted by Crippen LogP contribution is 2.17. The van der Waals surface area contributed by atoms with Crippen LogP contribution in [0.2, 0.25) is 0 Å². The van der Waals surface area contributed by atoms with Crippen LogP contribution in [-0.2, 0) is 24.8 Å². The monoisotopic (exact) mass is 264 g/mol. The Balaban J connectivity index is 2.33. The van der Waals surface area contributed by atoms with E-state index in [2.05, 4.69) is 20.6 Å². The maximum Gasteiger partial charge on any atom is 0.308 e. The summed E-state index contributed by atoms with van der Waals surface area (Å²) in [7, 11) is 1.81. The molecule has 0 aromatic carbocycles. The number of aliphatic carboxylic acids is 1. The molecule has 1 unspecified atom stereocenters. The first kappa shape index (κ1) is 13.2. The maximum atomic E-state index is 10.9. The lowest BCUT2D eigenvalue weighted by molar-refractivity contribution is -0.141. The van der Waals surface area contributed by atoms with Gasteiger partial charge in [-0.1, -0.05) is 13.8 Å². The summed E-state index contributed by atoms with van der Waals surface area (Å²) >= 11 is 0. The van der Waals surface area contributed by atoms with E-state index in [0.717, 1.165) is 17.8 Å². The van der Waals surface area contributed by atoms with Gasteiger partial charge >= 0.3 is 5.97 Å². The third kappa shape index (κ3) is 2.61. The first-order chi connectivity index (χ1) is 9.02. The van der Waals surface area contributed by atoms with Gasteiger partial charge in [-0.25, -0.2) is 4.68 Å². The molecule has 0 aliphatic rings. The Morgan fingerprint density at radius 1 is 1.53 bits per heavy atom. The first-order valence-corrected chi connectivity index (χ1v) is 6.05. The molecule has 8 nitrogen and oxygen atoms in total. The summed E-state index contributed by atoms with van der Waals surface area (Å²) in [5.41, 5.74) is 1.72. The SMILES string of the molecule is CCc1cc(-c2nnnn2CC(C)C(=O)O)n(C)n1. The molecule has 1 N–H and O–H groups in total. The number of hydrogen-bond donors (Lipinski definition) is 1. The lowest BCUT2D eigenvalue weighted by Crippen LogP contribution is -2.18. The number of nitrogens with zero attached hydrogens (tertiary/aromatic N) is 6. The molecule has 0 aliphatic carbocycles. The minimum Gasteiger partial charge on any atom is -0.481 e. The maximum absolute atomic E-state index is 10.9. The van der Waals surface area contributed by atoms with Crippen LogP contribution in [0.3, 0.4) is 0 Å². The van der Waals surface area contributed by atoms with Gasteiger partial charge in [0.1, 0.15) is 5.69 Å². The van der Waals surface area contributed by atoms with Gasteiger partial charge in [0, 0.05) is 7.05 Å². The van der Waals surface area contributed by atoms with Crippen molar-refractivity contribution in [3.8, 4) is 11.5 Å². The topological polar surface area (TPSA) is 98.7 Å².